The van der Waals surface area contributed by atoms with Crippen molar-refractivity contribution in [3.8, 4) is 0 Å². The maximum atomic E-state index is 11.3. The van der Waals surface area contributed by atoms with Crippen LogP contribution in [0.15, 0.2) is 12.3 Å². The third-order valence-electron chi connectivity index (χ3n) is 1.63. The number of carbonyl (C=O) groups is 2. The molecule has 0 bridgehead atoms. The lowest BCUT2D eigenvalue weighted by Gasteiger charge is -2.19. The van der Waals surface area contributed by atoms with Gasteiger partial charge >= 0.3 is 12.1 Å². The Hall–Kier alpha value is -1.52. The van der Waals surface area contributed by atoms with Crippen LogP contribution in [0.25, 0.3) is 0 Å². The summed E-state index contributed by atoms with van der Waals surface area (Å²) < 4.78 is 9.83. The van der Waals surface area contributed by atoms with Crippen LogP contribution in [0.3, 0.4) is 0 Å². The molecule has 0 heterocycles. The van der Waals surface area contributed by atoms with Crippen molar-refractivity contribution in [1.29, 1.82) is 0 Å². The van der Waals surface area contributed by atoms with Gasteiger partial charge in [0.2, 0.25) is 0 Å². The molecule has 0 unspecified atom stereocenters. The molecule has 0 aromatic carbocycles. The molecule has 0 radical (unpaired) electrons. The largest absolute Gasteiger partial charge is 0.461 e. The molecule has 0 spiro atoms. The van der Waals surface area contributed by atoms with Crippen molar-refractivity contribution >= 4 is 12.1 Å². The number of hydrogen-bond donors (Lipinski definition) is 1. The Morgan fingerprint density at radius 1 is 1.29 bits per heavy atom. The SMILES string of the molecule is C=C(NC(=O)OC(C)(C)C)C(=O)OCCCC. The topological polar surface area (TPSA) is 64.6 Å². The first kappa shape index (κ1) is 15.5. The zero-order chi connectivity index (χ0) is 13.5. The first-order valence-electron chi connectivity index (χ1n) is 5.62. The summed E-state index contributed by atoms with van der Waals surface area (Å²) in [6.45, 7) is 10.9. The summed E-state index contributed by atoms with van der Waals surface area (Å²) in [5.41, 5.74) is -0.730. The lowest BCUT2D eigenvalue weighted by molar-refractivity contribution is -0.139. The van der Waals surface area contributed by atoms with Gasteiger partial charge in [0.25, 0.3) is 0 Å². The van der Waals surface area contributed by atoms with Crippen LogP contribution in [0.2, 0.25) is 0 Å². The second kappa shape index (κ2) is 6.93. The van der Waals surface area contributed by atoms with E-state index in [0.717, 1.165) is 12.8 Å². The minimum Gasteiger partial charge on any atom is -0.461 e. The predicted octanol–water partition coefficient (Wildman–Crippen LogP) is 2.37. The molecule has 0 aliphatic rings. The molecule has 0 rings (SSSR count). The molecule has 0 fully saturated rings. The highest BCUT2D eigenvalue weighted by Gasteiger charge is 2.18. The smallest absolute Gasteiger partial charge is 0.412 e. The fourth-order valence-electron chi connectivity index (χ4n) is 0.874. The van der Waals surface area contributed by atoms with E-state index in [9.17, 15) is 9.59 Å². The molecular formula is C12H21NO4. The van der Waals surface area contributed by atoms with Crippen LogP contribution in [0, 0.1) is 0 Å². The molecule has 0 atom stereocenters. The van der Waals surface area contributed by atoms with Gasteiger partial charge in [0.05, 0.1) is 6.61 Å². The van der Waals surface area contributed by atoms with Crippen LogP contribution < -0.4 is 5.32 Å². The van der Waals surface area contributed by atoms with E-state index >= 15 is 0 Å². The van der Waals surface area contributed by atoms with Gasteiger partial charge in [0, 0.05) is 0 Å². The normalized spacial score (nSPS) is 10.6. The molecule has 17 heavy (non-hydrogen) atoms. The van der Waals surface area contributed by atoms with Crippen LogP contribution in [0.5, 0.6) is 0 Å². The first-order valence-corrected chi connectivity index (χ1v) is 5.62. The third-order valence-corrected chi connectivity index (χ3v) is 1.63. The summed E-state index contributed by atoms with van der Waals surface area (Å²) in [5.74, 6) is -0.635. The van der Waals surface area contributed by atoms with E-state index in [2.05, 4.69) is 11.9 Å². The Labute approximate surface area is 102 Å². The molecule has 98 valence electrons. The van der Waals surface area contributed by atoms with E-state index in [1.165, 1.54) is 0 Å². The summed E-state index contributed by atoms with van der Waals surface area (Å²) >= 11 is 0. The fourth-order valence-corrected chi connectivity index (χ4v) is 0.874. The summed E-state index contributed by atoms with van der Waals surface area (Å²) in [6.07, 6.45) is 1.000. The van der Waals surface area contributed by atoms with Crippen molar-refractivity contribution in [1.82, 2.24) is 5.32 Å². The summed E-state index contributed by atoms with van der Waals surface area (Å²) in [7, 11) is 0. The highest BCUT2D eigenvalue weighted by molar-refractivity contribution is 5.91. The fraction of sp³-hybridized carbons (Fsp3) is 0.667. The molecule has 5 nitrogen and oxygen atoms in total. The summed E-state index contributed by atoms with van der Waals surface area (Å²) in [4.78, 5) is 22.6. The minimum atomic E-state index is -0.713. The summed E-state index contributed by atoms with van der Waals surface area (Å²) in [6, 6.07) is 0. The average Bonchev–Trinajstić information content (AvgIpc) is 2.14. The number of amides is 1. The van der Waals surface area contributed by atoms with Gasteiger partial charge in [-0.1, -0.05) is 19.9 Å². The summed E-state index contributed by atoms with van der Waals surface area (Å²) in [5, 5.41) is 2.23. The van der Waals surface area contributed by atoms with Gasteiger partial charge in [-0.2, -0.15) is 0 Å². The van der Waals surface area contributed by atoms with Gasteiger partial charge in [-0.25, -0.2) is 9.59 Å². The van der Waals surface area contributed by atoms with Crippen molar-refractivity contribution in [2.24, 2.45) is 0 Å². The Bertz CT molecular complexity index is 291. The number of unbranched alkanes of at least 4 members (excludes halogenated alkanes) is 1. The number of carbonyl (C=O) groups excluding carboxylic acids is 2. The van der Waals surface area contributed by atoms with Crippen molar-refractivity contribution in [2.75, 3.05) is 6.61 Å². The quantitative estimate of drug-likeness (QED) is 0.457. The van der Waals surface area contributed by atoms with Crippen molar-refractivity contribution in [3.05, 3.63) is 12.3 Å². The standard InChI is InChI=1S/C12H21NO4/c1-6-7-8-16-10(14)9(2)13-11(15)17-12(3,4)5/h2,6-8H2,1,3-5H3,(H,13,15). The number of alkyl carbamates (subject to hydrolysis) is 1. The van der Waals surface area contributed by atoms with Crippen molar-refractivity contribution < 1.29 is 19.1 Å². The molecule has 0 aliphatic heterocycles. The van der Waals surface area contributed by atoms with Crippen LogP contribution >= 0.6 is 0 Å². The molecule has 0 saturated heterocycles. The molecule has 0 saturated carbocycles. The predicted molar refractivity (Wildman–Crippen MR) is 64.4 cm³/mol. The molecule has 0 aromatic rings. The maximum absolute atomic E-state index is 11.3. The lowest BCUT2D eigenvalue weighted by Crippen LogP contribution is -2.34. The Balaban J connectivity index is 4.00. The monoisotopic (exact) mass is 243 g/mol. The molecule has 1 N–H and O–H groups in total. The minimum absolute atomic E-state index is 0.115. The van der Waals surface area contributed by atoms with E-state index < -0.39 is 17.7 Å². The van der Waals surface area contributed by atoms with Gasteiger partial charge in [-0.05, 0) is 27.2 Å². The van der Waals surface area contributed by atoms with Gasteiger partial charge in [0.1, 0.15) is 11.3 Å². The highest BCUT2D eigenvalue weighted by Crippen LogP contribution is 2.07. The van der Waals surface area contributed by atoms with Gasteiger partial charge < -0.3 is 9.47 Å². The second-order valence-electron chi connectivity index (χ2n) is 4.59. The van der Waals surface area contributed by atoms with Crippen molar-refractivity contribution in [3.63, 3.8) is 0 Å². The van der Waals surface area contributed by atoms with Crippen LogP contribution in [-0.2, 0) is 14.3 Å². The number of esters is 1. The molecule has 0 aromatic heterocycles. The van der Waals surface area contributed by atoms with Gasteiger partial charge in [-0.3, -0.25) is 5.32 Å². The zero-order valence-electron chi connectivity index (χ0n) is 11.0. The van der Waals surface area contributed by atoms with E-state index in [4.69, 9.17) is 9.47 Å². The molecular weight excluding hydrogens is 222 g/mol. The number of nitrogens with one attached hydrogen (secondary N) is 1. The van der Waals surface area contributed by atoms with Gasteiger partial charge in [0.15, 0.2) is 0 Å². The Kier molecular flexibility index (Phi) is 6.31. The van der Waals surface area contributed by atoms with E-state index in [-0.39, 0.29) is 5.70 Å². The second-order valence-corrected chi connectivity index (χ2v) is 4.59. The number of ether oxygens (including phenoxy) is 2. The van der Waals surface area contributed by atoms with Crippen molar-refractivity contribution in [2.45, 2.75) is 46.1 Å². The zero-order valence-corrected chi connectivity index (χ0v) is 11.0. The lowest BCUT2D eigenvalue weighted by atomic mass is 10.2. The maximum Gasteiger partial charge on any atom is 0.412 e. The van der Waals surface area contributed by atoms with Crippen LogP contribution in [-0.4, -0.2) is 24.3 Å². The van der Waals surface area contributed by atoms with Crippen LogP contribution in [0.1, 0.15) is 40.5 Å². The third kappa shape index (κ3) is 8.30. The average molecular weight is 243 g/mol. The highest BCUT2D eigenvalue weighted by atomic mass is 16.6. The number of rotatable bonds is 5. The van der Waals surface area contributed by atoms with E-state index in [0.29, 0.717) is 6.61 Å². The first-order chi connectivity index (χ1) is 7.76. The molecule has 0 aliphatic carbocycles. The Morgan fingerprint density at radius 3 is 2.35 bits per heavy atom. The Morgan fingerprint density at radius 2 is 1.88 bits per heavy atom. The van der Waals surface area contributed by atoms with Gasteiger partial charge in [-0.15, -0.1) is 0 Å². The molecule has 5 heteroatoms. The number of hydrogen-bond acceptors (Lipinski definition) is 4. The van der Waals surface area contributed by atoms with Crippen LogP contribution in [0.4, 0.5) is 4.79 Å². The van der Waals surface area contributed by atoms with E-state index in [1.807, 2.05) is 6.92 Å². The molecule has 1 amide bonds. The van der Waals surface area contributed by atoms with E-state index in [1.54, 1.807) is 20.8 Å².